The molecule has 0 aromatic carbocycles. The summed E-state index contributed by atoms with van der Waals surface area (Å²) in [7, 11) is 3.00. The first-order valence-electron chi connectivity index (χ1n) is 1.63. The van der Waals surface area contributed by atoms with E-state index in [2.05, 4.69) is 0 Å². The van der Waals surface area contributed by atoms with Gasteiger partial charge in [-0.3, -0.25) is 0 Å². The minimum atomic E-state index is 0. The quantitative estimate of drug-likeness (QED) is 0.441. The minimum absolute atomic E-state index is 0. The van der Waals surface area contributed by atoms with Crippen molar-refractivity contribution in [1.29, 1.82) is 0 Å². The molecule has 0 aliphatic rings. The Kier molecular flexibility index (Phi) is 1600. The van der Waals surface area contributed by atoms with Gasteiger partial charge in [-0.1, -0.05) is 0 Å². The van der Waals surface area contributed by atoms with Gasteiger partial charge < -0.3 is 20.4 Å². The molecule has 9 heavy (non-hydrogen) atoms. The number of rotatable bonds is 0. The second-order valence-electron chi connectivity index (χ2n) is 0. The van der Waals surface area contributed by atoms with E-state index in [-0.39, 0.29) is 39.9 Å². The van der Waals surface area contributed by atoms with E-state index in [0.29, 0.717) is 0 Å². The zero-order valence-electron chi connectivity index (χ0n) is 6.13. The van der Waals surface area contributed by atoms with Gasteiger partial charge in [-0.05, 0) is 0 Å². The Bertz CT molecular complexity index is 12.5. The van der Waals surface area contributed by atoms with E-state index < -0.39 is 0 Å². The second kappa shape index (κ2) is 450. The average molecular weight is 356 g/mol. The first-order chi connectivity index (χ1) is 4.00. The molecular formula is C4H12O4Th. The SMILES string of the molecule is C[O-].C[O-].C[O-].C[O-].[Th+4]. The predicted molar refractivity (Wildman–Crippen MR) is 23.7 cm³/mol. The molecule has 0 aliphatic carbocycles. The van der Waals surface area contributed by atoms with Gasteiger partial charge in [0.05, 0.1) is 0 Å². The van der Waals surface area contributed by atoms with Crippen molar-refractivity contribution < 1.29 is 60.4 Å². The van der Waals surface area contributed by atoms with Crippen LogP contribution in [0.2, 0.25) is 0 Å². The van der Waals surface area contributed by atoms with Gasteiger partial charge in [0, 0.05) is 0 Å². The molecule has 0 heterocycles. The van der Waals surface area contributed by atoms with Crippen LogP contribution in [0.15, 0.2) is 0 Å². The van der Waals surface area contributed by atoms with Crippen LogP contribution < -0.4 is 20.4 Å². The molecule has 0 atom stereocenters. The van der Waals surface area contributed by atoms with Crippen molar-refractivity contribution in [2.24, 2.45) is 0 Å². The van der Waals surface area contributed by atoms with E-state index >= 15 is 0 Å². The first kappa shape index (κ1) is 32.0. The molecule has 0 spiro atoms. The first-order valence-corrected chi connectivity index (χ1v) is 1.63. The Morgan fingerprint density at radius 3 is 0.444 bits per heavy atom. The maximum absolute atomic E-state index is 8.25. The van der Waals surface area contributed by atoms with Crippen LogP contribution in [0.5, 0.6) is 0 Å². The van der Waals surface area contributed by atoms with E-state index in [0.717, 1.165) is 28.4 Å². The van der Waals surface area contributed by atoms with Crippen LogP contribution in [-0.4, -0.2) is 28.4 Å². The van der Waals surface area contributed by atoms with Gasteiger partial charge in [0.15, 0.2) is 0 Å². The fourth-order valence-electron chi connectivity index (χ4n) is 0. The van der Waals surface area contributed by atoms with Gasteiger partial charge >= 0.3 is 39.9 Å². The largest absolute Gasteiger partial charge is 4.00 e. The average Bonchev–Trinajstić information content (AvgIpc) is 2.03. The summed E-state index contributed by atoms with van der Waals surface area (Å²) < 4.78 is 0. The summed E-state index contributed by atoms with van der Waals surface area (Å²) in [6, 6.07) is 0. The van der Waals surface area contributed by atoms with E-state index in [1.807, 2.05) is 0 Å². The molecule has 56 valence electrons. The predicted octanol–water partition coefficient (Wildman–Crippen LogP) is -4.09. The maximum atomic E-state index is 8.25. The van der Waals surface area contributed by atoms with E-state index in [9.17, 15) is 0 Å². The topological polar surface area (TPSA) is 92.2 Å². The van der Waals surface area contributed by atoms with E-state index in [1.165, 1.54) is 0 Å². The Balaban J connectivity index is -0.00000000762. The zero-order chi connectivity index (χ0) is 8.00. The molecule has 0 radical (unpaired) electrons. The molecule has 0 aromatic heterocycles. The van der Waals surface area contributed by atoms with Crippen LogP contribution in [-0.2, 0) is 0 Å². The molecule has 4 nitrogen and oxygen atoms in total. The van der Waals surface area contributed by atoms with Gasteiger partial charge in [0.1, 0.15) is 0 Å². The molecule has 0 bridgehead atoms. The fraction of sp³-hybridized carbons (Fsp3) is 1.00. The standard InChI is InChI=1S/4CH3O.Th/c4*1-2;/h4*1H3;/q4*-1;+4. The Morgan fingerprint density at radius 1 is 0.444 bits per heavy atom. The van der Waals surface area contributed by atoms with Crippen molar-refractivity contribution in [3.8, 4) is 0 Å². The van der Waals surface area contributed by atoms with Crippen LogP contribution in [0.3, 0.4) is 0 Å². The molecule has 0 saturated heterocycles. The van der Waals surface area contributed by atoms with Crippen LogP contribution in [0.25, 0.3) is 0 Å². The smallest absolute Gasteiger partial charge is 0.857 e. The Labute approximate surface area is 88.2 Å². The van der Waals surface area contributed by atoms with Crippen LogP contribution >= 0.6 is 0 Å². The zero-order valence-corrected chi connectivity index (χ0v) is 10.2. The molecule has 0 unspecified atom stereocenters. The summed E-state index contributed by atoms with van der Waals surface area (Å²) in [5.74, 6) is 0. The Hall–Kier alpha value is 1.16. The van der Waals surface area contributed by atoms with Gasteiger partial charge in [-0.2, -0.15) is 28.4 Å². The third kappa shape index (κ3) is 347. The van der Waals surface area contributed by atoms with Crippen molar-refractivity contribution in [3.63, 3.8) is 0 Å². The molecule has 0 rings (SSSR count). The molecule has 5 heteroatoms. The molecule has 0 aromatic rings. The summed E-state index contributed by atoms with van der Waals surface area (Å²) in [5.41, 5.74) is 0. The number of hydrogen-bond acceptors (Lipinski definition) is 4. The molecule has 0 saturated carbocycles. The van der Waals surface area contributed by atoms with Gasteiger partial charge in [0.2, 0.25) is 0 Å². The molecular weight excluding hydrogens is 344 g/mol. The summed E-state index contributed by atoms with van der Waals surface area (Å²) in [5, 5.41) is 33.0. The fourth-order valence-corrected chi connectivity index (χ4v) is 0. The van der Waals surface area contributed by atoms with Crippen molar-refractivity contribution in [2.45, 2.75) is 0 Å². The van der Waals surface area contributed by atoms with Crippen LogP contribution in [0.4, 0.5) is 0 Å². The van der Waals surface area contributed by atoms with Crippen LogP contribution in [0, 0.1) is 39.9 Å². The molecule has 0 fully saturated rings. The van der Waals surface area contributed by atoms with Crippen molar-refractivity contribution >= 4 is 0 Å². The van der Waals surface area contributed by atoms with Gasteiger partial charge in [-0.25, -0.2) is 0 Å². The van der Waals surface area contributed by atoms with E-state index in [4.69, 9.17) is 20.4 Å². The minimum Gasteiger partial charge on any atom is -0.857 e. The summed E-state index contributed by atoms with van der Waals surface area (Å²) in [6.45, 7) is 0. The summed E-state index contributed by atoms with van der Waals surface area (Å²) >= 11 is 0. The molecule has 0 N–H and O–H groups in total. The van der Waals surface area contributed by atoms with Crippen molar-refractivity contribution in [3.05, 3.63) is 0 Å². The summed E-state index contributed by atoms with van der Waals surface area (Å²) in [4.78, 5) is 0. The van der Waals surface area contributed by atoms with Crippen LogP contribution in [0.1, 0.15) is 0 Å². The second-order valence-corrected chi connectivity index (χ2v) is 0. The van der Waals surface area contributed by atoms with Crippen molar-refractivity contribution in [2.75, 3.05) is 28.4 Å². The number of hydrogen-bond donors (Lipinski definition) is 0. The molecule has 0 amide bonds. The normalized spacial score (nSPS) is 2.67. The summed E-state index contributed by atoms with van der Waals surface area (Å²) in [6.07, 6.45) is 0. The third-order valence-electron chi connectivity index (χ3n) is 0. The Morgan fingerprint density at radius 2 is 0.444 bits per heavy atom. The van der Waals surface area contributed by atoms with Gasteiger partial charge in [-0.15, -0.1) is 0 Å². The third-order valence-corrected chi connectivity index (χ3v) is 0. The van der Waals surface area contributed by atoms with Gasteiger partial charge in [0.25, 0.3) is 0 Å². The maximum Gasteiger partial charge on any atom is 4.00 e. The molecule has 0 aliphatic heterocycles. The van der Waals surface area contributed by atoms with Crippen molar-refractivity contribution in [1.82, 2.24) is 0 Å². The monoisotopic (exact) mass is 356 g/mol. The van der Waals surface area contributed by atoms with E-state index in [1.54, 1.807) is 0 Å².